The molecular weight excluding hydrogens is 316 g/mol. The molecule has 1 aromatic rings. The van der Waals surface area contributed by atoms with Gasteiger partial charge in [-0.3, -0.25) is 14.5 Å². The molecule has 1 fully saturated rings. The first-order chi connectivity index (χ1) is 11.9. The molecule has 1 aliphatic heterocycles. The Labute approximate surface area is 149 Å². The molecule has 6 heteroatoms. The number of amides is 2. The average molecular weight is 342 g/mol. The van der Waals surface area contributed by atoms with E-state index in [-0.39, 0.29) is 23.8 Å². The van der Waals surface area contributed by atoms with E-state index in [9.17, 15) is 9.59 Å². The lowest BCUT2D eigenvalue weighted by molar-refractivity contribution is -0.134. The largest absolute Gasteiger partial charge is 0.341 e. The molecule has 2 rings (SSSR count). The normalized spacial score (nSPS) is 16.8. The highest BCUT2D eigenvalue weighted by Gasteiger charge is 2.26. The fraction of sp³-hybridized carbons (Fsp3) is 0.526. The van der Waals surface area contributed by atoms with Crippen molar-refractivity contribution in [3.05, 3.63) is 29.8 Å². The first-order valence-corrected chi connectivity index (χ1v) is 8.76. The van der Waals surface area contributed by atoms with Gasteiger partial charge in [0, 0.05) is 37.8 Å². The van der Waals surface area contributed by atoms with Gasteiger partial charge in [0.15, 0.2) is 0 Å². The number of hydrogen-bond acceptors (Lipinski definition) is 4. The van der Waals surface area contributed by atoms with Gasteiger partial charge in [0.25, 0.3) is 0 Å². The number of carbonyl (C=O) groups is 2. The quantitative estimate of drug-likeness (QED) is 0.909. The highest BCUT2D eigenvalue weighted by atomic mass is 16.2. The minimum absolute atomic E-state index is 0.000294. The van der Waals surface area contributed by atoms with Gasteiger partial charge in [0.05, 0.1) is 17.7 Å². The Bertz CT molecular complexity index is 666. The predicted molar refractivity (Wildman–Crippen MR) is 96.9 cm³/mol. The van der Waals surface area contributed by atoms with Crippen LogP contribution in [-0.4, -0.2) is 53.8 Å². The van der Waals surface area contributed by atoms with Gasteiger partial charge in [-0.05, 0) is 31.5 Å². The summed E-state index contributed by atoms with van der Waals surface area (Å²) in [6.45, 7) is 8.57. The molecule has 6 nitrogen and oxygen atoms in total. The smallest absolute Gasteiger partial charge is 0.241 e. The molecule has 1 saturated heterocycles. The van der Waals surface area contributed by atoms with Crippen LogP contribution in [0, 0.1) is 17.2 Å². The van der Waals surface area contributed by atoms with Crippen molar-refractivity contribution in [3.8, 4) is 6.07 Å². The van der Waals surface area contributed by atoms with Gasteiger partial charge in [-0.1, -0.05) is 19.9 Å². The van der Waals surface area contributed by atoms with Gasteiger partial charge >= 0.3 is 0 Å². The van der Waals surface area contributed by atoms with Crippen molar-refractivity contribution in [1.29, 1.82) is 5.26 Å². The Morgan fingerprint density at radius 1 is 1.16 bits per heavy atom. The number of carbonyl (C=O) groups excluding carboxylic acids is 2. The zero-order valence-corrected chi connectivity index (χ0v) is 15.2. The van der Waals surface area contributed by atoms with Crippen molar-refractivity contribution in [2.45, 2.75) is 33.2 Å². The van der Waals surface area contributed by atoms with Crippen molar-refractivity contribution < 1.29 is 9.59 Å². The monoisotopic (exact) mass is 342 g/mol. The maximum absolute atomic E-state index is 12.5. The maximum atomic E-state index is 12.5. The highest BCUT2D eigenvalue weighted by molar-refractivity contribution is 5.94. The van der Waals surface area contributed by atoms with E-state index in [4.69, 9.17) is 5.26 Å². The van der Waals surface area contributed by atoms with Gasteiger partial charge in [-0.15, -0.1) is 0 Å². The molecule has 0 radical (unpaired) electrons. The van der Waals surface area contributed by atoms with Crippen LogP contribution in [0.4, 0.5) is 5.69 Å². The molecule has 25 heavy (non-hydrogen) atoms. The third-order valence-corrected chi connectivity index (χ3v) is 4.52. The van der Waals surface area contributed by atoms with Gasteiger partial charge in [-0.2, -0.15) is 5.26 Å². The van der Waals surface area contributed by atoms with E-state index in [0.717, 1.165) is 19.5 Å². The van der Waals surface area contributed by atoms with E-state index < -0.39 is 0 Å². The topological polar surface area (TPSA) is 76.4 Å². The molecule has 0 aliphatic carbocycles. The summed E-state index contributed by atoms with van der Waals surface area (Å²) in [4.78, 5) is 28.7. The van der Waals surface area contributed by atoms with Crippen molar-refractivity contribution in [1.82, 2.24) is 9.80 Å². The minimum Gasteiger partial charge on any atom is -0.341 e. The van der Waals surface area contributed by atoms with E-state index in [2.05, 4.69) is 16.3 Å². The van der Waals surface area contributed by atoms with E-state index in [1.54, 1.807) is 24.3 Å². The molecular formula is C19H26N4O2. The second kappa shape index (κ2) is 8.63. The Balaban J connectivity index is 1.95. The molecule has 1 atom stereocenters. The molecule has 1 heterocycles. The van der Waals surface area contributed by atoms with Crippen molar-refractivity contribution >= 4 is 17.5 Å². The zero-order valence-electron chi connectivity index (χ0n) is 15.2. The van der Waals surface area contributed by atoms with Crippen molar-refractivity contribution in [2.75, 3.05) is 31.5 Å². The van der Waals surface area contributed by atoms with Crippen LogP contribution in [0.2, 0.25) is 0 Å². The van der Waals surface area contributed by atoms with Crippen LogP contribution >= 0.6 is 0 Å². The number of anilines is 1. The van der Waals surface area contributed by atoms with E-state index in [1.807, 2.05) is 25.7 Å². The summed E-state index contributed by atoms with van der Waals surface area (Å²) >= 11 is 0. The predicted octanol–water partition coefficient (Wildman–Crippen LogP) is 2.08. The Morgan fingerprint density at radius 3 is 2.60 bits per heavy atom. The summed E-state index contributed by atoms with van der Waals surface area (Å²) in [5, 5.41) is 11.8. The lowest BCUT2D eigenvalue weighted by atomic mass is 10.2. The van der Waals surface area contributed by atoms with E-state index >= 15 is 0 Å². The Hall–Kier alpha value is -2.39. The molecule has 0 bridgehead atoms. The number of nitrogens with one attached hydrogen (secondary N) is 1. The molecule has 1 N–H and O–H groups in total. The number of benzene rings is 1. The lowest BCUT2D eigenvalue weighted by Gasteiger charge is -2.27. The molecule has 0 saturated carbocycles. The minimum atomic E-state index is -0.292. The van der Waals surface area contributed by atoms with Crippen LogP contribution in [0.3, 0.4) is 0 Å². The summed E-state index contributed by atoms with van der Waals surface area (Å²) < 4.78 is 0. The van der Waals surface area contributed by atoms with Crippen LogP contribution in [0.15, 0.2) is 24.3 Å². The summed E-state index contributed by atoms with van der Waals surface area (Å²) in [7, 11) is 0. The van der Waals surface area contributed by atoms with Crippen molar-refractivity contribution in [2.24, 2.45) is 5.92 Å². The number of hydrogen-bond donors (Lipinski definition) is 1. The van der Waals surface area contributed by atoms with Gasteiger partial charge in [0.2, 0.25) is 11.8 Å². The molecule has 134 valence electrons. The van der Waals surface area contributed by atoms with Crippen LogP contribution in [0.5, 0.6) is 0 Å². The number of nitriles is 1. The lowest BCUT2D eigenvalue weighted by Crippen LogP contribution is -2.44. The Kier molecular flexibility index (Phi) is 6.54. The SMILES string of the molecule is CC(C)C(=O)N1CCCN(C(C)C(=O)Nc2cccc(C#N)c2)CC1. The van der Waals surface area contributed by atoms with Crippen LogP contribution in [0.1, 0.15) is 32.8 Å². The average Bonchev–Trinajstić information content (AvgIpc) is 2.86. The standard InChI is InChI=1S/C19H26N4O2/c1-14(2)19(25)23-9-5-8-22(10-11-23)15(3)18(24)21-17-7-4-6-16(12-17)13-20/h4,6-7,12,14-15H,5,8-11H2,1-3H3,(H,21,24). The molecule has 2 amide bonds. The first-order valence-electron chi connectivity index (χ1n) is 8.76. The second-order valence-electron chi connectivity index (χ2n) is 6.73. The van der Waals surface area contributed by atoms with Crippen molar-refractivity contribution in [3.63, 3.8) is 0 Å². The van der Waals surface area contributed by atoms with Gasteiger partial charge in [-0.25, -0.2) is 0 Å². The highest BCUT2D eigenvalue weighted by Crippen LogP contribution is 2.14. The fourth-order valence-corrected chi connectivity index (χ4v) is 2.99. The molecule has 1 aliphatic rings. The summed E-state index contributed by atoms with van der Waals surface area (Å²) in [5.41, 5.74) is 1.14. The van der Waals surface area contributed by atoms with Gasteiger partial charge in [0.1, 0.15) is 0 Å². The van der Waals surface area contributed by atoms with Crippen LogP contribution in [-0.2, 0) is 9.59 Å². The molecule has 1 unspecified atom stereocenters. The van der Waals surface area contributed by atoms with Crippen LogP contribution in [0.25, 0.3) is 0 Å². The fourth-order valence-electron chi connectivity index (χ4n) is 2.99. The summed E-state index contributed by atoms with van der Waals surface area (Å²) in [6.07, 6.45) is 0.861. The molecule has 0 aromatic heterocycles. The number of rotatable bonds is 4. The van der Waals surface area contributed by atoms with Crippen LogP contribution < -0.4 is 5.32 Å². The maximum Gasteiger partial charge on any atom is 0.241 e. The van der Waals surface area contributed by atoms with E-state index in [0.29, 0.717) is 24.3 Å². The molecule has 1 aromatic carbocycles. The molecule has 0 spiro atoms. The second-order valence-corrected chi connectivity index (χ2v) is 6.73. The third-order valence-electron chi connectivity index (χ3n) is 4.52. The third kappa shape index (κ3) is 5.04. The zero-order chi connectivity index (χ0) is 18.4. The Morgan fingerprint density at radius 2 is 1.92 bits per heavy atom. The summed E-state index contributed by atoms with van der Waals surface area (Å²) in [6, 6.07) is 8.67. The summed E-state index contributed by atoms with van der Waals surface area (Å²) in [5.74, 6) is 0.0747. The number of nitrogens with zero attached hydrogens (tertiary/aromatic N) is 3. The van der Waals surface area contributed by atoms with Gasteiger partial charge < -0.3 is 10.2 Å². The van der Waals surface area contributed by atoms with E-state index in [1.165, 1.54) is 0 Å². The first kappa shape index (κ1) is 18.9.